The first-order chi connectivity index (χ1) is 12.5. The van der Waals surface area contributed by atoms with Crippen LogP contribution >= 0.6 is 0 Å². The molecule has 134 valence electrons. The standard InChI is InChI=1S/C21H20FNO3/c1-14-12-21(18-11-16(22)7-8-17(18)19(14)24)9-10-23(20(21)25)26-13-15-5-3-2-4-6-15/h2-8,11,14H,9-10,12-13H2,1H3. The Morgan fingerprint density at radius 1 is 1.19 bits per heavy atom. The van der Waals surface area contributed by atoms with Crippen LogP contribution in [0.15, 0.2) is 48.5 Å². The van der Waals surface area contributed by atoms with E-state index in [1.54, 1.807) is 0 Å². The van der Waals surface area contributed by atoms with Gasteiger partial charge in [0.15, 0.2) is 5.78 Å². The van der Waals surface area contributed by atoms with Crippen molar-refractivity contribution in [1.82, 2.24) is 5.06 Å². The van der Waals surface area contributed by atoms with E-state index in [0.29, 0.717) is 37.1 Å². The van der Waals surface area contributed by atoms with Crippen LogP contribution < -0.4 is 0 Å². The zero-order valence-corrected chi connectivity index (χ0v) is 14.6. The Bertz CT molecular complexity index is 867. The Kier molecular flexibility index (Phi) is 4.11. The third-order valence-corrected chi connectivity index (χ3v) is 5.47. The summed E-state index contributed by atoms with van der Waals surface area (Å²) in [5.74, 6) is -0.908. The summed E-state index contributed by atoms with van der Waals surface area (Å²) in [4.78, 5) is 31.4. The number of rotatable bonds is 3. The second-order valence-electron chi connectivity index (χ2n) is 7.16. The molecule has 0 bridgehead atoms. The van der Waals surface area contributed by atoms with Gasteiger partial charge in [-0.2, -0.15) is 0 Å². The van der Waals surface area contributed by atoms with Gasteiger partial charge < -0.3 is 0 Å². The van der Waals surface area contributed by atoms with E-state index in [1.807, 2.05) is 37.3 Å². The van der Waals surface area contributed by atoms with E-state index in [9.17, 15) is 14.0 Å². The van der Waals surface area contributed by atoms with Crippen LogP contribution in [0.25, 0.3) is 0 Å². The highest BCUT2D eigenvalue weighted by Crippen LogP contribution is 2.47. The predicted molar refractivity (Wildman–Crippen MR) is 93.8 cm³/mol. The zero-order chi connectivity index (χ0) is 18.3. The molecule has 0 N–H and O–H groups in total. The van der Waals surface area contributed by atoms with Gasteiger partial charge in [0.2, 0.25) is 0 Å². The van der Waals surface area contributed by atoms with E-state index in [2.05, 4.69) is 0 Å². The van der Waals surface area contributed by atoms with Crippen molar-refractivity contribution in [3.63, 3.8) is 0 Å². The highest BCUT2D eigenvalue weighted by Gasteiger charge is 2.54. The Morgan fingerprint density at radius 2 is 1.96 bits per heavy atom. The van der Waals surface area contributed by atoms with Crippen LogP contribution in [0.4, 0.5) is 4.39 Å². The molecule has 4 nitrogen and oxygen atoms in total. The summed E-state index contributed by atoms with van der Waals surface area (Å²) in [5.41, 5.74) is 1.07. The smallest absolute Gasteiger partial charge is 0.256 e. The quantitative estimate of drug-likeness (QED) is 0.846. The molecule has 1 saturated heterocycles. The fraction of sp³-hybridized carbons (Fsp3) is 0.333. The van der Waals surface area contributed by atoms with Crippen molar-refractivity contribution in [2.75, 3.05) is 6.54 Å². The number of fused-ring (bicyclic) bond motifs is 2. The molecule has 1 amide bonds. The molecule has 1 aliphatic heterocycles. The van der Waals surface area contributed by atoms with Crippen LogP contribution in [0, 0.1) is 11.7 Å². The maximum absolute atomic E-state index is 13.9. The van der Waals surface area contributed by atoms with Gasteiger partial charge in [-0.3, -0.25) is 14.4 Å². The summed E-state index contributed by atoms with van der Waals surface area (Å²) in [6.45, 7) is 2.56. The molecule has 1 aliphatic carbocycles. The maximum atomic E-state index is 13.9. The average Bonchev–Trinajstić information content (AvgIpc) is 2.96. The van der Waals surface area contributed by atoms with E-state index >= 15 is 0 Å². The lowest BCUT2D eigenvalue weighted by Gasteiger charge is -2.36. The molecule has 5 heteroatoms. The van der Waals surface area contributed by atoms with Gasteiger partial charge in [0.05, 0.1) is 12.0 Å². The summed E-state index contributed by atoms with van der Waals surface area (Å²) in [7, 11) is 0. The highest BCUT2D eigenvalue weighted by atomic mass is 19.1. The molecule has 0 saturated carbocycles. The molecule has 0 radical (unpaired) electrons. The first-order valence-electron chi connectivity index (χ1n) is 8.84. The number of halogens is 1. The van der Waals surface area contributed by atoms with Crippen molar-refractivity contribution in [2.45, 2.75) is 31.8 Å². The topological polar surface area (TPSA) is 46.6 Å². The van der Waals surface area contributed by atoms with E-state index in [4.69, 9.17) is 4.84 Å². The molecular formula is C21H20FNO3. The van der Waals surface area contributed by atoms with E-state index in [-0.39, 0.29) is 17.6 Å². The first kappa shape index (κ1) is 16.9. The average molecular weight is 353 g/mol. The second kappa shape index (κ2) is 6.32. The van der Waals surface area contributed by atoms with Gasteiger partial charge in [0.1, 0.15) is 12.4 Å². The van der Waals surface area contributed by atoms with Gasteiger partial charge in [-0.25, -0.2) is 9.45 Å². The minimum atomic E-state index is -0.874. The summed E-state index contributed by atoms with van der Waals surface area (Å²) in [5, 5.41) is 1.38. The van der Waals surface area contributed by atoms with E-state index in [1.165, 1.54) is 23.3 Å². The lowest BCUT2D eigenvalue weighted by Crippen LogP contribution is -2.44. The lowest BCUT2D eigenvalue weighted by molar-refractivity contribution is -0.185. The molecule has 1 heterocycles. The number of hydroxylamine groups is 2. The van der Waals surface area contributed by atoms with Gasteiger partial charge in [0, 0.05) is 11.5 Å². The van der Waals surface area contributed by atoms with Gasteiger partial charge in [0.25, 0.3) is 5.91 Å². The minimum absolute atomic E-state index is 0.0259. The van der Waals surface area contributed by atoms with Crippen LogP contribution in [-0.2, 0) is 21.7 Å². The van der Waals surface area contributed by atoms with Crippen LogP contribution in [0.5, 0.6) is 0 Å². The van der Waals surface area contributed by atoms with Gasteiger partial charge in [-0.15, -0.1) is 0 Å². The summed E-state index contributed by atoms with van der Waals surface area (Å²) in [6, 6.07) is 13.8. The number of nitrogens with zero attached hydrogens (tertiary/aromatic N) is 1. The normalized spacial score (nSPS) is 25.0. The molecule has 26 heavy (non-hydrogen) atoms. The van der Waals surface area contributed by atoms with Crippen LogP contribution in [-0.4, -0.2) is 23.3 Å². The number of carbonyl (C=O) groups excluding carboxylic acids is 2. The third kappa shape index (κ3) is 2.63. The van der Waals surface area contributed by atoms with Gasteiger partial charge >= 0.3 is 0 Å². The third-order valence-electron chi connectivity index (χ3n) is 5.47. The molecule has 2 aromatic rings. The van der Waals surface area contributed by atoms with Crippen molar-refractivity contribution in [3.05, 3.63) is 71.0 Å². The number of hydrogen-bond donors (Lipinski definition) is 0. The molecular weight excluding hydrogens is 333 g/mol. The first-order valence-corrected chi connectivity index (χ1v) is 8.84. The van der Waals surface area contributed by atoms with Crippen molar-refractivity contribution in [1.29, 1.82) is 0 Å². The van der Waals surface area contributed by atoms with Crippen molar-refractivity contribution >= 4 is 11.7 Å². The van der Waals surface area contributed by atoms with Crippen LogP contribution in [0.2, 0.25) is 0 Å². The Labute approximate surface area is 151 Å². The Balaban J connectivity index is 1.63. The molecule has 1 fully saturated rings. The van der Waals surface area contributed by atoms with E-state index in [0.717, 1.165) is 5.56 Å². The molecule has 2 aromatic carbocycles. The molecule has 0 aromatic heterocycles. The van der Waals surface area contributed by atoms with Crippen LogP contribution in [0.3, 0.4) is 0 Å². The van der Waals surface area contributed by atoms with Crippen molar-refractivity contribution in [3.8, 4) is 0 Å². The molecule has 4 rings (SSSR count). The van der Waals surface area contributed by atoms with Crippen molar-refractivity contribution < 1.29 is 18.8 Å². The Hall–Kier alpha value is -2.53. The Morgan fingerprint density at radius 3 is 2.73 bits per heavy atom. The zero-order valence-electron chi connectivity index (χ0n) is 14.6. The lowest BCUT2D eigenvalue weighted by atomic mass is 9.65. The largest absolute Gasteiger partial charge is 0.294 e. The monoisotopic (exact) mass is 353 g/mol. The van der Waals surface area contributed by atoms with Crippen molar-refractivity contribution in [2.24, 2.45) is 5.92 Å². The van der Waals surface area contributed by atoms with Gasteiger partial charge in [-0.1, -0.05) is 37.3 Å². The summed E-state index contributed by atoms with van der Waals surface area (Å²) < 4.78 is 13.9. The number of carbonyl (C=O) groups is 2. The maximum Gasteiger partial charge on any atom is 0.256 e. The SMILES string of the molecule is CC1CC2(CCN(OCc3ccccc3)C2=O)c2cc(F)ccc2C1=O. The molecule has 2 unspecified atom stereocenters. The van der Waals surface area contributed by atoms with Gasteiger partial charge in [-0.05, 0) is 42.2 Å². The molecule has 2 atom stereocenters. The van der Waals surface area contributed by atoms with E-state index < -0.39 is 11.2 Å². The summed E-state index contributed by atoms with van der Waals surface area (Å²) in [6.07, 6.45) is 0.918. The number of benzene rings is 2. The minimum Gasteiger partial charge on any atom is -0.294 e. The van der Waals surface area contributed by atoms with Crippen LogP contribution in [0.1, 0.15) is 41.3 Å². The highest BCUT2D eigenvalue weighted by molar-refractivity contribution is 6.05. The summed E-state index contributed by atoms with van der Waals surface area (Å²) >= 11 is 0. The fourth-order valence-corrected chi connectivity index (χ4v) is 4.15. The number of amides is 1. The number of Topliss-reactive ketones (excluding diaryl/α,β-unsaturated/α-hetero) is 1. The number of ketones is 1. The fourth-order valence-electron chi connectivity index (χ4n) is 4.15. The molecule has 1 spiro atoms. The second-order valence-corrected chi connectivity index (χ2v) is 7.16. The molecule has 2 aliphatic rings. The predicted octanol–water partition coefficient (Wildman–Crippen LogP) is 3.65. The number of hydrogen-bond acceptors (Lipinski definition) is 3.